The van der Waals surface area contributed by atoms with Gasteiger partial charge in [-0.2, -0.15) is 0 Å². The van der Waals surface area contributed by atoms with Crippen molar-refractivity contribution < 1.29 is 9.84 Å². The van der Waals surface area contributed by atoms with E-state index in [4.69, 9.17) is 16.3 Å². The van der Waals surface area contributed by atoms with Crippen LogP contribution in [0.15, 0.2) is 48.7 Å². The number of hydrogen-bond acceptors (Lipinski definition) is 3. The van der Waals surface area contributed by atoms with Crippen LogP contribution in [0.1, 0.15) is 13.8 Å². The monoisotopic (exact) mass is 313 g/mol. The number of rotatable bonds is 3. The SMILES string of the molecule is CC(C)Oc1c(-c2cccc(O)c2)cc(Cl)c2cccnc12. The first-order valence-corrected chi connectivity index (χ1v) is 7.47. The molecule has 0 spiro atoms. The van der Waals surface area contributed by atoms with Crippen molar-refractivity contribution in [2.75, 3.05) is 0 Å². The summed E-state index contributed by atoms with van der Waals surface area (Å²) in [7, 11) is 0. The molecule has 0 bridgehead atoms. The number of aromatic hydroxyl groups is 1. The highest BCUT2D eigenvalue weighted by Crippen LogP contribution is 2.40. The molecule has 0 aliphatic heterocycles. The first-order valence-electron chi connectivity index (χ1n) is 7.09. The molecule has 4 heteroatoms. The summed E-state index contributed by atoms with van der Waals surface area (Å²) >= 11 is 6.40. The molecule has 0 atom stereocenters. The van der Waals surface area contributed by atoms with Crippen LogP contribution in [-0.4, -0.2) is 16.2 Å². The molecule has 112 valence electrons. The highest BCUT2D eigenvalue weighted by Gasteiger charge is 2.16. The summed E-state index contributed by atoms with van der Waals surface area (Å²) in [5.41, 5.74) is 2.38. The van der Waals surface area contributed by atoms with E-state index in [1.54, 1.807) is 24.4 Å². The average Bonchev–Trinajstić information content (AvgIpc) is 2.49. The van der Waals surface area contributed by atoms with Crippen molar-refractivity contribution >= 4 is 22.5 Å². The molecule has 0 saturated carbocycles. The molecular formula is C18H16ClNO2. The number of aromatic nitrogens is 1. The minimum Gasteiger partial charge on any atom is -0.508 e. The molecule has 1 heterocycles. The number of fused-ring (bicyclic) bond motifs is 1. The predicted molar refractivity (Wildman–Crippen MR) is 89.6 cm³/mol. The van der Waals surface area contributed by atoms with E-state index in [1.165, 1.54) is 0 Å². The zero-order valence-electron chi connectivity index (χ0n) is 12.4. The van der Waals surface area contributed by atoms with Gasteiger partial charge in [-0.3, -0.25) is 4.98 Å². The molecule has 0 unspecified atom stereocenters. The van der Waals surface area contributed by atoms with Gasteiger partial charge in [0.25, 0.3) is 0 Å². The molecule has 2 aromatic carbocycles. The number of hydrogen-bond donors (Lipinski definition) is 1. The molecular weight excluding hydrogens is 298 g/mol. The molecule has 0 radical (unpaired) electrons. The van der Waals surface area contributed by atoms with Gasteiger partial charge in [0.2, 0.25) is 0 Å². The lowest BCUT2D eigenvalue weighted by Gasteiger charge is -2.17. The topological polar surface area (TPSA) is 42.4 Å². The Hall–Kier alpha value is -2.26. The Morgan fingerprint density at radius 3 is 2.68 bits per heavy atom. The predicted octanol–water partition coefficient (Wildman–Crippen LogP) is 5.05. The number of ether oxygens (including phenoxy) is 1. The van der Waals surface area contributed by atoms with Crippen molar-refractivity contribution in [1.29, 1.82) is 0 Å². The largest absolute Gasteiger partial charge is 0.508 e. The number of halogens is 1. The van der Waals surface area contributed by atoms with Gasteiger partial charge in [0.05, 0.1) is 11.1 Å². The quantitative estimate of drug-likeness (QED) is 0.736. The maximum atomic E-state index is 9.74. The molecule has 0 amide bonds. The highest BCUT2D eigenvalue weighted by atomic mass is 35.5. The van der Waals surface area contributed by atoms with Crippen molar-refractivity contribution in [3.63, 3.8) is 0 Å². The fraction of sp³-hybridized carbons (Fsp3) is 0.167. The lowest BCUT2D eigenvalue weighted by molar-refractivity contribution is 0.246. The average molecular weight is 314 g/mol. The summed E-state index contributed by atoms with van der Waals surface area (Å²) in [6, 6.07) is 12.7. The van der Waals surface area contributed by atoms with Gasteiger partial charge in [-0.25, -0.2) is 0 Å². The summed E-state index contributed by atoms with van der Waals surface area (Å²) in [6.07, 6.45) is 1.72. The fourth-order valence-electron chi connectivity index (χ4n) is 2.42. The van der Waals surface area contributed by atoms with Crippen LogP contribution in [0.25, 0.3) is 22.0 Å². The smallest absolute Gasteiger partial charge is 0.153 e. The Labute approximate surface area is 134 Å². The van der Waals surface area contributed by atoms with Gasteiger partial charge in [-0.05, 0) is 49.7 Å². The third-order valence-corrected chi connectivity index (χ3v) is 3.62. The van der Waals surface area contributed by atoms with Crippen molar-refractivity contribution in [3.8, 4) is 22.6 Å². The zero-order valence-corrected chi connectivity index (χ0v) is 13.1. The van der Waals surface area contributed by atoms with E-state index in [0.29, 0.717) is 10.8 Å². The van der Waals surface area contributed by atoms with E-state index in [1.807, 2.05) is 38.1 Å². The number of nitrogens with zero attached hydrogens (tertiary/aromatic N) is 1. The molecule has 22 heavy (non-hydrogen) atoms. The Bertz CT molecular complexity index is 830. The number of phenols is 1. The third kappa shape index (κ3) is 2.72. The molecule has 0 aliphatic rings. The van der Waals surface area contributed by atoms with Crippen LogP contribution in [0, 0.1) is 0 Å². The summed E-state index contributed by atoms with van der Waals surface area (Å²) in [6.45, 7) is 3.94. The van der Waals surface area contributed by atoms with Crippen LogP contribution in [0.5, 0.6) is 11.5 Å². The van der Waals surface area contributed by atoms with Gasteiger partial charge >= 0.3 is 0 Å². The van der Waals surface area contributed by atoms with Crippen molar-refractivity contribution in [1.82, 2.24) is 4.98 Å². The second-order valence-electron chi connectivity index (χ2n) is 5.35. The molecule has 3 aromatic rings. The van der Waals surface area contributed by atoms with Crippen molar-refractivity contribution in [3.05, 3.63) is 53.7 Å². The molecule has 1 aromatic heterocycles. The van der Waals surface area contributed by atoms with Crippen LogP contribution >= 0.6 is 11.6 Å². The third-order valence-electron chi connectivity index (χ3n) is 3.31. The van der Waals surface area contributed by atoms with Crippen LogP contribution < -0.4 is 4.74 Å². The Balaban J connectivity index is 2.33. The minimum absolute atomic E-state index is 0.00226. The second-order valence-corrected chi connectivity index (χ2v) is 5.76. The van der Waals surface area contributed by atoms with E-state index < -0.39 is 0 Å². The molecule has 0 fully saturated rings. The summed E-state index contributed by atoms with van der Waals surface area (Å²) in [5.74, 6) is 0.880. The van der Waals surface area contributed by atoms with E-state index in [-0.39, 0.29) is 11.9 Å². The van der Waals surface area contributed by atoms with Crippen molar-refractivity contribution in [2.45, 2.75) is 20.0 Å². The molecule has 1 N–H and O–H groups in total. The number of phenolic OH excluding ortho intramolecular Hbond substituents is 1. The van der Waals surface area contributed by atoms with Crippen LogP contribution in [0.3, 0.4) is 0 Å². The van der Waals surface area contributed by atoms with Gasteiger partial charge in [0, 0.05) is 17.1 Å². The van der Waals surface area contributed by atoms with Crippen LogP contribution in [-0.2, 0) is 0 Å². The van der Waals surface area contributed by atoms with E-state index in [2.05, 4.69) is 4.98 Å². The second kappa shape index (κ2) is 5.85. The maximum Gasteiger partial charge on any atom is 0.153 e. The van der Waals surface area contributed by atoms with Gasteiger partial charge in [-0.15, -0.1) is 0 Å². The van der Waals surface area contributed by atoms with Gasteiger partial charge in [0.1, 0.15) is 11.3 Å². The first kappa shape index (κ1) is 14.7. The fourth-order valence-corrected chi connectivity index (χ4v) is 2.68. The van der Waals surface area contributed by atoms with E-state index in [0.717, 1.165) is 22.0 Å². The Kier molecular flexibility index (Phi) is 3.90. The Morgan fingerprint density at radius 2 is 1.95 bits per heavy atom. The van der Waals surface area contributed by atoms with E-state index >= 15 is 0 Å². The van der Waals surface area contributed by atoms with Gasteiger partial charge in [-0.1, -0.05) is 23.7 Å². The minimum atomic E-state index is 0.00226. The van der Waals surface area contributed by atoms with Gasteiger partial charge < -0.3 is 9.84 Å². The van der Waals surface area contributed by atoms with E-state index in [9.17, 15) is 5.11 Å². The zero-order chi connectivity index (χ0) is 15.7. The standard InChI is InChI=1S/C18H16ClNO2/c1-11(2)22-18-15(12-5-3-6-13(21)9-12)10-16(19)14-7-4-8-20-17(14)18/h3-11,21H,1-2H3. The molecule has 3 nitrogen and oxygen atoms in total. The molecule has 3 rings (SSSR count). The van der Waals surface area contributed by atoms with Crippen LogP contribution in [0.2, 0.25) is 5.02 Å². The summed E-state index contributed by atoms with van der Waals surface area (Å²) in [5, 5.41) is 11.2. The lowest BCUT2D eigenvalue weighted by Crippen LogP contribution is -2.07. The summed E-state index contributed by atoms with van der Waals surface area (Å²) in [4.78, 5) is 4.43. The molecule has 0 saturated heterocycles. The maximum absolute atomic E-state index is 9.74. The number of pyridine rings is 1. The number of benzene rings is 2. The van der Waals surface area contributed by atoms with Crippen LogP contribution in [0.4, 0.5) is 0 Å². The van der Waals surface area contributed by atoms with Gasteiger partial charge in [0.15, 0.2) is 5.75 Å². The van der Waals surface area contributed by atoms with Crippen molar-refractivity contribution in [2.24, 2.45) is 0 Å². The molecule has 0 aliphatic carbocycles. The lowest BCUT2D eigenvalue weighted by atomic mass is 10.0. The summed E-state index contributed by atoms with van der Waals surface area (Å²) < 4.78 is 6.01. The Morgan fingerprint density at radius 1 is 1.14 bits per heavy atom. The highest BCUT2D eigenvalue weighted by molar-refractivity contribution is 6.36. The first-order chi connectivity index (χ1) is 10.6. The normalized spacial score (nSPS) is 11.1.